The van der Waals surface area contributed by atoms with Crippen LogP contribution >= 0.6 is 0 Å². The van der Waals surface area contributed by atoms with Gasteiger partial charge in [0.15, 0.2) is 0 Å². The molecule has 13 heavy (non-hydrogen) atoms. The fourth-order valence-electron chi connectivity index (χ4n) is 1.51. The van der Waals surface area contributed by atoms with Gasteiger partial charge in [-0.3, -0.25) is 9.69 Å². The molecule has 0 amide bonds. The molecule has 0 rings (SSSR count). The molecule has 0 saturated heterocycles. The zero-order chi connectivity index (χ0) is 10.6. The fourth-order valence-corrected chi connectivity index (χ4v) is 1.51. The van der Waals surface area contributed by atoms with Gasteiger partial charge >= 0.3 is 5.97 Å². The number of carboxylic acids is 1. The molecule has 4 heteroatoms. The standard InChI is InChI=1S/C9H19NO3/c1-5-10(6(2)3)8(7(4)11)9(12)13/h6-8,11H,5H2,1-4H3,(H,12,13). The van der Waals surface area contributed by atoms with Crippen molar-refractivity contribution < 1.29 is 15.0 Å². The number of carbonyl (C=O) groups is 1. The van der Waals surface area contributed by atoms with Gasteiger partial charge < -0.3 is 10.2 Å². The van der Waals surface area contributed by atoms with E-state index in [1.54, 1.807) is 4.90 Å². The molecular formula is C9H19NO3. The minimum Gasteiger partial charge on any atom is -0.480 e. The molecule has 0 aromatic rings. The average molecular weight is 189 g/mol. The predicted octanol–water partition coefficient (Wildman–Crippen LogP) is 0.551. The molecule has 4 nitrogen and oxygen atoms in total. The largest absolute Gasteiger partial charge is 0.480 e. The summed E-state index contributed by atoms with van der Waals surface area (Å²) in [6, 6.07) is -0.675. The summed E-state index contributed by atoms with van der Waals surface area (Å²) in [5.74, 6) is -0.967. The minimum absolute atomic E-state index is 0.126. The number of likely N-dealkylation sites (N-methyl/N-ethyl adjacent to an activating group) is 1. The second-order valence-electron chi connectivity index (χ2n) is 3.45. The molecule has 2 unspecified atom stereocenters. The van der Waals surface area contributed by atoms with Crippen LogP contribution < -0.4 is 0 Å². The third kappa shape index (κ3) is 3.32. The summed E-state index contributed by atoms with van der Waals surface area (Å²) in [6.45, 7) is 7.85. The Labute approximate surface area is 79.2 Å². The zero-order valence-electron chi connectivity index (χ0n) is 8.69. The SMILES string of the molecule is CCN(C(C)C)C(C(=O)O)C(C)O. The van der Waals surface area contributed by atoms with Gasteiger partial charge in [-0.1, -0.05) is 6.92 Å². The van der Waals surface area contributed by atoms with E-state index >= 15 is 0 Å². The van der Waals surface area contributed by atoms with Crippen LogP contribution in [-0.2, 0) is 4.79 Å². The summed E-state index contributed by atoms with van der Waals surface area (Å²) < 4.78 is 0. The second-order valence-corrected chi connectivity index (χ2v) is 3.45. The lowest BCUT2D eigenvalue weighted by molar-refractivity contribution is -0.148. The summed E-state index contributed by atoms with van der Waals surface area (Å²) in [6.07, 6.45) is -0.847. The van der Waals surface area contributed by atoms with Gasteiger partial charge in [-0.15, -0.1) is 0 Å². The highest BCUT2D eigenvalue weighted by Gasteiger charge is 2.30. The first-order chi connectivity index (χ1) is 5.91. The van der Waals surface area contributed by atoms with Gasteiger partial charge in [0.25, 0.3) is 0 Å². The highest BCUT2D eigenvalue weighted by Crippen LogP contribution is 2.09. The van der Waals surface area contributed by atoms with Crippen LogP contribution in [0.1, 0.15) is 27.7 Å². The monoisotopic (exact) mass is 189 g/mol. The van der Waals surface area contributed by atoms with Crippen molar-refractivity contribution in [2.45, 2.75) is 45.9 Å². The zero-order valence-corrected chi connectivity index (χ0v) is 8.69. The first kappa shape index (κ1) is 12.4. The Hall–Kier alpha value is -0.610. The first-order valence-electron chi connectivity index (χ1n) is 4.58. The number of nitrogens with zero attached hydrogens (tertiary/aromatic N) is 1. The van der Waals surface area contributed by atoms with E-state index in [4.69, 9.17) is 5.11 Å². The van der Waals surface area contributed by atoms with Gasteiger partial charge in [-0.2, -0.15) is 0 Å². The Bertz CT molecular complexity index is 168. The van der Waals surface area contributed by atoms with Gasteiger partial charge in [-0.05, 0) is 27.3 Å². The molecule has 0 radical (unpaired) electrons. The van der Waals surface area contributed by atoms with E-state index in [1.807, 2.05) is 20.8 Å². The summed E-state index contributed by atoms with van der Waals surface area (Å²) in [7, 11) is 0. The lowest BCUT2D eigenvalue weighted by Gasteiger charge is -2.32. The minimum atomic E-state index is -0.967. The lowest BCUT2D eigenvalue weighted by atomic mass is 10.1. The molecule has 78 valence electrons. The maximum absolute atomic E-state index is 10.8. The van der Waals surface area contributed by atoms with E-state index in [1.165, 1.54) is 6.92 Å². The highest BCUT2D eigenvalue weighted by molar-refractivity contribution is 5.74. The average Bonchev–Trinajstić information content (AvgIpc) is 1.97. The van der Waals surface area contributed by atoms with Crippen molar-refractivity contribution in [3.63, 3.8) is 0 Å². The predicted molar refractivity (Wildman–Crippen MR) is 50.6 cm³/mol. The Morgan fingerprint density at radius 1 is 1.38 bits per heavy atom. The van der Waals surface area contributed by atoms with E-state index in [9.17, 15) is 9.90 Å². The first-order valence-corrected chi connectivity index (χ1v) is 4.58. The van der Waals surface area contributed by atoms with E-state index in [2.05, 4.69) is 0 Å². The summed E-state index contributed by atoms with van der Waals surface area (Å²) in [4.78, 5) is 12.6. The number of aliphatic carboxylic acids is 1. The third-order valence-electron chi connectivity index (χ3n) is 2.10. The number of hydrogen-bond donors (Lipinski definition) is 2. The molecule has 0 aromatic heterocycles. The van der Waals surface area contributed by atoms with Crippen molar-refractivity contribution in [1.29, 1.82) is 0 Å². The van der Waals surface area contributed by atoms with Crippen LogP contribution in [-0.4, -0.2) is 45.8 Å². The molecule has 0 aliphatic rings. The van der Waals surface area contributed by atoms with Crippen LogP contribution in [0.25, 0.3) is 0 Å². The molecular weight excluding hydrogens is 170 g/mol. The molecule has 0 saturated carbocycles. The van der Waals surface area contributed by atoms with E-state index in [-0.39, 0.29) is 6.04 Å². The Kier molecular flexibility index (Phi) is 4.95. The van der Waals surface area contributed by atoms with Crippen LogP contribution in [0, 0.1) is 0 Å². The van der Waals surface area contributed by atoms with Crippen LogP contribution in [0.5, 0.6) is 0 Å². The molecule has 0 spiro atoms. The second kappa shape index (κ2) is 5.19. The summed E-state index contributed by atoms with van der Waals surface area (Å²) >= 11 is 0. The Morgan fingerprint density at radius 3 is 1.92 bits per heavy atom. The summed E-state index contributed by atoms with van der Waals surface area (Å²) in [5.41, 5.74) is 0. The number of hydrogen-bond acceptors (Lipinski definition) is 3. The third-order valence-corrected chi connectivity index (χ3v) is 2.10. The van der Waals surface area contributed by atoms with Crippen LogP contribution in [0.4, 0.5) is 0 Å². The molecule has 0 aliphatic heterocycles. The number of carboxylic acid groups (broad SMARTS) is 1. The lowest BCUT2D eigenvalue weighted by Crippen LogP contribution is -2.50. The maximum atomic E-state index is 10.8. The van der Waals surface area contributed by atoms with E-state index in [0.717, 1.165) is 0 Å². The molecule has 0 bridgehead atoms. The van der Waals surface area contributed by atoms with Crippen molar-refractivity contribution in [3.8, 4) is 0 Å². The quantitative estimate of drug-likeness (QED) is 0.663. The van der Waals surface area contributed by atoms with Crippen molar-refractivity contribution in [1.82, 2.24) is 4.90 Å². The van der Waals surface area contributed by atoms with Crippen LogP contribution in [0.2, 0.25) is 0 Å². The summed E-state index contributed by atoms with van der Waals surface area (Å²) in [5, 5.41) is 18.2. The molecule has 0 aliphatic carbocycles. The normalized spacial score (nSPS) is 16.2. The number of aliphatic hydroxyl groups excluding tert-OH is 1. The van der Waals surface area contributed by atoms with Gasteiger partial charge in [0.1, 0.15) is 6.04 Å². The highest BCUT2D eigenvalue weighted by atomic mass is 16.4. The topological polar surface area (TPSA) is 60.8 Å². The number of rotatable bonds is 5. The molecule has 0 aromatic carbocycles. The molecule has 2 N–H and O–H groups in total. The van der Waals surface area contributed by atoms with Crippen molar-refractivity contribution >= 4 is 5.97 Å². The number of aliphatic hydroxyl groups is 1. The van der Waals surface area contributed by atoms with Gasteiger partial charge in [-0.25, -0.2) is 0 Å². The fraction of sp³-hybridized carbons (Fsp3) is 0.889. The van der Waals surface area contributed by atoms with Crippen molar-refractivity contribution in [3.05, 3.63) is 0 Å². The van der Waals surface area contributed by atoms with Crippen LogP contribution in [0.15, 0.2) is 0 Å². The maximum Gasteiger partial charge on any atom is 0.323 e. The van der Waals surface area contributed by atoms with Gasteiger partial charge in [0.2, 0.25) is 0 Å². The Balaban J connectivity index is 4.59. The van der Waals surface area contributed by atoms with E-state index in [0.29, 0.717) is 6.54 Å². The smallest absolute Gasteiger partial charge is 0.323 e. The van der Waals surface area contributed by atoms with Crippen molar-refractivity contribution in [2.24, 2.45) is 0 Å². The van der Waals surface area contributed by atoms with Crippen LogP contribution in [0.3, 0.4) is 0 Å². The van der Waals surface area contributed by atoms with Gasteiger partial charge in [0, 0.05) is 6.04 Å². The molecule has 0 fully saturated rings. The molecule has 0 heterocycles. The molecule has 2 atom stereocenters. The van der Waals surface area contributed by atoms with E-state index < -0.39 is 18.1 Å². The van der Waals surface area contributed by atoms with Gasteiger partial charge in [0.05, 0.1) is 6.10 Å². The van der Waals surface area contributed by atoms with Crippen molar-refractivity contribution in [2.75, 3.05) is 6.54 Å². The Morgan fingerprint density at radius 2 is 1.85 bits per heavy atom.